The molecule has 0 radical (unpaired) electrons. The number of aromatic hydroxyl groups is 1. The lowest BCUT2D eigenvalue weighted by Gasteiger charge is -2.52. The second-order valence-corrected chi connectivity index (χ2v) is 8.72. The highest BCUT2D eigenvalue weighted by atomic mass is 16.3. The first-order valence-electron chi connectivity index (χ1n) is 9.05. The average Bonchev–Trinajstić information content (AvgIpc) is 3.22. The summed E-state index contributed by atoms with van der Waals surface area (Å²) in [5.41, 5.74) is 3.51. The van der Waals surface area contributed by atoms with Crippen molar-refractivity contribution in [2.24, 2.45) is 22.7 Å². The van der Waals surface area contributed by atoms with E-state index in [0.717, 1.165) is 17.9 Å². The molecule has 5 atom stereocenters. The number of aliphatic hydroxyl groups is 1. The lowest BCUT2D eigenvalue weighted by atomic mass is 9.53. The maximum Gasteiger partial charge on any atom is 0.115 e. The van der Waals surface area contributed by atoms with Crippen molar-refractivity contribution in [3.8, 4) is 5.75 Å². The SMILES string of the molecule is CC12CCC3c4ccc(O)cc4C(O)CC3C1CCC21CC1. The Morgan fingerprint density at radius 1 is 1.05 bits per heavy atom. The number of aliphatic hydroxyl groups excluding tert-OH is 1. The predicted molar refractivity (Wildman–Crippen MR) is 85.6 cm³/mol. The summed E-state index contributed by atoms with van der Waals surface area (Å²) < 4.78 is 0. The smallest absolute Gasteiger partial charge is 0.115 e. The molecule has 2 N–H and O–H groups in total. The molecule has 1 aromatic carbocycles. The molecule has 0 saturated heterocycles. The third-order valence-electron chi connectivity index (χ3n) is 8.15. The first kappa shape index (κ1) is 13.4. The van der Waals surface area contributed by atoms with Gasteiger partial charge in [-0.3, -0.25) is 0 Å². The number of hydrogen-bond acceptors (Lipinski definition) is 2. The molecule has 1 aromatic rings. The van der Waals surface area contributed by atoms with Gasteiger partial charge in [0.2, 0.25) is 0 Å². The quantitative estimate of drug-likeness (QED) is 0.739. The van der Waals surface area contributed by atoms with Gasteiger partial charge in [0.25, 0.3) is 0 Å². The number of phenols is 1. The van der Waals surface area contributed by atoms with Crippen molar-refractivity contribution in [3.63, 3.8) is 0 Å². The van der Waals surface area contributed by atoms with E-state index in [9.17, 15) is 10.2 Å². The fourth-order valence-electron chi connectivity index (χ4n) is 6.78. The van der Waals surface area contributed by atoms with Crippen LogP contribution in [0.4, 0.5) is 0 Å². The highest BCUT2D eigenvalue weighted by molar-refractivity contribution is 5.41. The molecular formula is C20H26O2. The van der Waals surface area contributed by atoms with E-state index >= 15 is 0 Å². The van der Waals surface area contributed by atoms with E-state index in [1.54, 1.807) is 12.1 Å². The first-order valence-corrected chi connectivity index (χ1v) is 9.05. The molecule has 3 fully saturated rings. The second-order valence-electron chi connectivity index (χ2n) is 8.72. The molecule has 22 heavy (non-hydrogen) atoms. The van der Waals surface area contributed by atoms with Gasteiger partial charge >= 0.3 is 0 Å². The van der Waals surface area contributed by atoms with Crippen molar-refractivity contribution in [2.45, 2.75) is 63.9 Å². The van der Waals surface area contributed by atoms with Crippen LogP contribution < -0.4 is 0 Å². The Morgan fingerprint density at radius 2 is 1.86 bits per heavy atom. The van der Waals surface area contributed by atoms with Gasteiger partial charge in [0.1, 0.15) is 5.75 Å². The number of hydrogen-bond donors (Lipinski definition) is 2. The van der Waals surface area contributed by atoms with Crippen LogP contribution in [0.5, 0.6) is 5.75 Å². The van der Waals surface area contributed by atoms with Crippen LogP contribution in [0.25, 0.3) is 0 Å². The van der Waals surface area contributed by atoms with Gasteiger partial charge < -0.3 is 10.2 Å². The average molecular weight is 298 g/mol. The van der Waals surface area contributed by atoms with Crippen LogP contribution in [0.15, 0.2) is 18.2 Å². The molecule has 0 amide bonds. The van der Waals surface area contributed by atoms with Crippen LogP contribution >= 0.6 is 0 Å². The zero-order chi connectivity index (χ0) is 15.1. The minimum absolute atomic E-state index is 0.287. The van der Waals surface area contributed by atoms with E-state index in [1.165, 1.54) is 44.1 Å². The molecule has 1 spiro atoms. The lowest BCUT2D eigenvalue weighted by molar-refractivity contribution is -0.00841. The molecule has 4 aliphatic carbocycles. The zero-order valence-electron chi connectivity index (χ0n) is 13.4. The van der Waals surface area contributed by atoms with E-state index in [2.05, 4.69) is 13.0 Å². The summed E-state index contributed by atoms with van der Waals surface area (Å²) >= 11 is 0. The Kier molecular flexibility index (Phi) is 2.49. The van der Waals surface area contributed by atoms with E-state index in [4.69, 9.17) is 0 Å². The summed E-state index contributed by atoms with van der Waals surface area (Å²) in [6.07, 6.45) is 8.83. The van der Waals surface area contributed by atoms with E-state index in [0.29, 0.717) is 22.7 Å². The summed E-state index contributed by atoms with van der Waals surface area (Å²) in [6, 6.07) is 5.68. The maximum absolute atomic E-state index is 10.7. The Labute approximate surface area is 132 Å². The highest BCUT2D eigenvalue weighted by Gasteiger charge is 2.66. The van der Waals surface area contributed by atoms with Crippen LogP contribution in [0.1, 0.15) is 75.0 Å². The van der Waals surface area contributed by atoms with Gasteiger partial charge in [0.05, 0.1) is 6.10 Å². The molecule has 3 saturated carbocycles. The van der Waals surface area contributed by atoms with Gasteiger partial charge in [-0.25, -0.2) is 0 Å². The first-order chi connectivity index (χ1) is 10.5. The molecule has 2 nitrogen and oxygen atoms in total. The summed E-state index contributed by atoms with van der Waals surface area (Å²) in [4.78, 5) is 0. The molecule has 2 heteroatoms. The van der Waals surface area contributed by atoms with E-state index in [1.807, 2.05) is 0 Å². The molecule has 0 aromatic heterocycles. The van der Waals surface area contributed by atoms with Crippen LogP contribution in [0.3, 0.4) is 0 Å². The van der Waals surface area contributed by atoms with E-state index in [-0.39, 0.29) is 11.9 Å². The molecule has 4 aliphatic rings. The van der Waals surface area contributed by atoms with Gasteiger partial charge in [-0.15, -0.1) is 0 Å². The van der Waals surface area contributed by atoms with Crippen LogP contribution in [0.2, 0.25) is 0 Å². The highest BCUT2D eigenvalue weighted by Crippen LogP contribution is 2.76. The molecule has 0 bridgehead atoms. The van der Waals surface area contributed by atoms with E-state index < -0.39 is 0 Å². The van der Waals surface area contributed by atoms with Gasteiger partial charge in [-0.05, 0) is 96.8 Å². The Hall–Kier alpha value is -1.02. The van der Waals surface area contributed by atoms with Crippen molar-refractivity contribution in [3.05, 3.63) is 29.3 Å². The van der Waals surface area contributed by atoms with Crippen molar-refractivity contribution >= 4 is 0 Å². The maximum atomic E-state index is 10.7. The standard InChI is InChI=1S/C20H26O2/c1-19-6-4-14-13-3-2-12(21)10-16(13)18(22)11-15(14)17(19)5-7-20(19)8-9-20/h2-3,10,14-15,17-18,21-22H,4-9,11H2,1H3. The number of phenolic OH excluding ortho intramolecular Hbond substituents is 1. The second kappa shape index (κ2) is 4.08. The van der Waals surface area contributed by atoms with Crippen LogP contribution in [0, 0.1) is 22.7 Å². The predicted octanol–water partition coefficient (Wildman–Crippen LogP) is 4.52. The van der Waals surface area contributed by atoms with Gasteiger partial charge in [-0.2, -0.15) is 0 Å². The fourth-order valence-corrected chi connectivity index (χ4v) is 6.78. The van der Waals surface area contributed by atoms with Crippen molar-refractivity contribution in [1.29, 1.82) is 0 Å². The monoisotopic (exact) mass is 298 g/mol. The third kappa shape index (κ3) is 1.50. The molecule has 0 heterocycles. The van der Waals surface area contributed by atoms with Crippen LogP contribution in [-0.4, -0.2) is 10.2 Å². The van der Waals surface area contributed by atoms with Crippen molar-refractivity contribution in [1.82, 2.24) is 0 Å². The Balaban J connectivity index is 1.56. The Morgan fingerprint density at radius 3 is 2.64 bits per heavy atom. The van der Waals surface area contributed by atoms with Crippen molar-refractivity contribution < 1.29 is 10.2 Å². The normalized spacial score (nSPS) is 44.3. The summed E-state index contributed by atoms with van der Waals surface area (Å²) in [5.74, 6) is 2.33. The third-order valence-corrected chi connectivity index (χ3v) is 8.15. The van der Waals surface area contributed by atoms with Gasteiger partial charge in [0.15, 0.2) is 0 Å². The molecule has 5 rings (SSSR count). The number of rotatable bonds is 0. The number of fused-ring (bicyclic) bond motifs is 6. The van der Waals surface area contributed by atoms with Gasteiger partial charge in [0, 0.05) is 0 Å². The Bertz CT molecular complexity index is 633. The van der Waals surface area contributed by atoms with Gasteiger partial charge in [-0.1, -0.05) is 13.0 Å². The fraction of sp³-hybridized carbons (Fsp3) is 0.700. The summed E-state index contributed by atoms with van der Waals surface area (Å²) in [7, 11) is 0. The molecule has 5 unspecified atom stereocenters. The lowest BCUT2D eigenvalue weighted by Crippen LogP contribution is -2.43. The minimum atomic E-state index is -0.388. The zero-order valence-corrected chi connectivity index (χ0v) is 13.4. The van der Waals surface area contributed by atoms with Crippen molar-refractivity contribution in [2.75, 3.05) is 0 Å². The van der Waals surface area contributed by atoms with Crippen LogP contribution in [-0.2, 0) is 0 Å². The molecule has 0 aliphatic heterocycles. The summed E-state index contributed by atoms with van der Waals surface area (Å²) in [6.45, 7) is 2.56. The number of benzene rings is 1. The topological polar surface area (TPSA) is 40.5 Å². The molecular weight excluding hydrogens is 272 g/mol. The minimum Gasteiger partial charge on any atom is -0.508 e. The molecule has 118 valence electrons. The largest absolute Gasteiger partial charge is 0.508 e. The summed E-state index contributed by atoms with van der Waals surface area (Å²) in [5, 5.41) is 20.4.